The highest BCUT2D eigenvalue weighted by Gasteiger charge is 2.40. The Bertz CT molecular complexity index is 1130. The predicted octanol–water partition coefficient (Wildman–Crippen LogP) is 5.16. The van der Waals surface area contributed by atoms with Crippen LogP contribution in [0.3, 0.4) is 0 Å². The Morgan fingerprint density at radius 3 is 2.66 bits per heavy atom. The van der Waals surface area contributed by atoms with Crippen LogP contribution >= 0.6 is 0 Å². The summed E-state index contributed by atoms with van der Waals surface area (Å²) in [6.07, 6.45) is 8.77. The zero-order valence-electron chi connectivity index (χ0n) is 21.2. The molecule has 6 nitrogen and oxygen atoms in total. The Kier molecular flexibility index (Phi) is 7.89. The Hall–Kier alpha value is -2.35. The average Bonchev–Trinajstić information content (AvgIpc) is 3.46. The molecule has 1 aliphatic heterocycles. The summed E-state index contributed by atoms with van der Waals surface area (Å²) in [7, 11) is -1.28. The van der Waals surface area contributed by atoms with E-state index >= 15 is 0 Å². The van der Waals surface area contributed by atoms with Crippen LogP contribution in [-0.2, 0) is 17.5 Å². The van der Waals surface area contributed by atoms with E-state index in [4.69, 9.17) is 4.98 Å². The Labute approximate surface area is 211 Å². The first-order valence-corrected chi connectivity index (χ1v) is 13.7. The predicted molar refractivity (Wildman–Crippen MR) is 142 cm³/mol. The molecule has 35 heavy (non-hydrogen) atoms. The van der Waals surface area contributed by atoms with Crippen LogP contribution in [-0.4, -0.2) is 41.9 Å². The van der Waals surface area contributed by atoms with Crippen molar-refractivity contribution in [3.63, 3.8) is 0 Å². The summed E-state index contributed by atoms with van der Waals surface area (Å²) in [5, 5.41) is 13.1. The van der Waals surface area contributed by atoms with E-state index in [0.29, 0.717) is 18.7 Å². The number of benzene rings is 1. The molecule has 1 aliphatic carbocycles. The standard InChI is InChI=1S/C28H37N3O3S/c1-5-9-19-10-8-11-20(16-19)26-25-21(17-23(30-26)27(33)29-22-12-6-7-13-22)18-31(24(25)14-15-32)35(34)28(2,3)4/h5,8-11,16-17,22,24,32H,6-7,12-15,18H2,1-4H3,(H,29,33)/b9-5+/t24-,35?/m1/s1. The Balaban J connectivity index is 1.84. The average molecular weight is 496 g/mol. The van der Waals surface area contributed by atoms with Gasteiger partial charge in [0.2, 0.25) is 0 Å². The molecule has 7 heteroatoms. The lowest BCUT2D eigenvalue weighted by molar-refractivity contribution is 0.0933. The van der Waals surface area contributed by atoms with Gasteiger partial charge in [-0.05, 0) is 70.2 Å². The second-order valence-electron chi connectivity index (χ2n) is 10.5. The Morgan fingerprint density at radius 2 is 2.00 bits per heavy atom. The molecule has 2 atom stereocenters. The zero-order valence-corrected chi connectivity index (χ0v) is 22.0. The number of allylic oxidation sites excluding steroid dienone is 1. The second-order valence-corrected chi connectivity index (χ2v) is 12.7. The number of aromatic nitrogens is 1. The summed E-state index contributed by atoms with van der Waals surface area (Å²) in [4.78, 5) is 18.1. The SMILES string of the molecule is C/C=C/c1cccc(-c2nc(C(=O)NC3CCCC3)cc3c2[C@@H](CCO)N(S(=O)C(C)(C)C)C3)c1. The molecule has 2 aliphatic rings. The van der Waals surface area contributed by atoms with Gasteiger partial charge in [-0.3, -0.25) is 4.79 Å². The van der Waals surface area contributed by atoms with E-state index in [2.05, 4.69) is 11.4 Å². The maximum atomic E-state index is 13.5. The van der Waals surface area contributed by atoms with Gasteiger partial charge in [-0.15, -0.1) is 0 Å². The molecule has 2 N–H and O–H groups in total. The lowest BCUT2D eigenvalue weighted by Gasteiger charge is -2.30. The molecule has 0 radical (unpaired) electrons. The summed E-state index contributed by atoms with van der Waals surface area (Å²) in [5.74, 6) is -0.153. The second kappa shape index (κ2) is 10.7. The van der Waals surface area contributed by atoms with Crippen molar-refractivity contribution in [3.05, 3.63) is 58.8 Å². The number of carbonyl (C=O) groups is 1. The van der Waals surface area contributed by atoms with E-state index < -0.39 is 15.7 Å². The summed E-state index contributed by atoms with van der Waals surface area (Å²) >= 11 is 0. The third-order valence-electron chi connectivity index (χ3n) is 6.73. The molecule has 1 saturated carbocycles. The van der Waals surface area contributed by atoms with Gasteiger partial charge < -0.3 is 10.4 Å². The largest absolute Gasteiger partial charge is 0.396 e. The van der Waals surface area contributed by atoms with E-state index in [1.165, 1.54) is 0 Å². The summed E-state index contributed by atoms with van der Waals surface area (Å²) in [6.45, 7) is 8.29. The van der Waals surface area contributed by atoms with Crippen LogP contribution in [0.4, 0.5) is 0 Å². The maximum Gasteiger partial charge on any atom is 0.270 e. The lowest BCUT2D eigenvalue weighted by Crippen LogP contribution is -2.36. The fourth-order valence-electron chi connectivity index (χ4n) is 5.12. The maximum absolute atomic E-state index is 13.5. The van der Waals surface area contributed by atoms with Gasteiger partial charge in [0.1, 0.15) is 16.7 Å². The van der Waals surface area contributed by atoms with Crippen molar-refractivity contribution in [2.75, 3.05) is 6.61 Å². The third-order valence-corrected chi connectivity index (χ3v) is 8.59. The van der Waals surface area contributed by atoms with Gasteiger partial charge in [0.15, 0.2) is 0 Å². The molecular formula is C28H37N3O3S. The number of hydrogen-bond acceptors (Lipinski definition) is 4. The normalized spacial score (nSPS) is 19.9. The van der Waals surface area contributed by atoms with Crippen LogP contribution in [0.5, 0.6) is 0 Å². The number of amides is 1. The molecule has 4 rings (SSSR count). The Morgan fingerprint density at radius 1 is 1.26 bits per heavy atom. The van der Waals surface area contributed by atoms with Crippen molar-refractivity contribution >= 4 is 23.0 Å². The highest BCUT2D eigenvalue weighted by molar-refractivity contribution is 7.84. The number of nitrogens with one attached hydrogen (secondary N) is 1. The van der Waals surface area contributed by atoms with E-state index in [9.17, 15) is 14.1 Å². The van der Waals surface area contributed by atoms with Crippen molar-refractivity contribution in [2.45, 2.75) is 83.2 Å². The molecule has 188 valence electrons. The molecule has 1 unspecified atom stereocenters. The molecule has 2 heterocycles. The van der Waals surface area contributed by atoms with Crippen LogP contribution in [0.25, 0.3) is 17.3 Å². The summed E-state index contributed by atoms with van der Waals surface area (Å²) in [5.41, 5.74) is 5.02. The number of fused-ring (bicyclic) bond motifs is 1. The van der Waals surface area contributed by atoms with Crippen LogP contribution in [0.1, 0.15) is 93.0 Å². The number of nitrogens with zero attached hydrogens (tertiary/aromatic N) is 2. The van der Waals surface area contributed by atoms with Crippen molar-refractivity contribution in [3.8, 4) is 11.3 Å². The molecule has 1 aromatic carbocycles. The number of pyridine rings is 1. The van der Waals surface area contributed by atoms with E-state index in [-0.39, 0.29) is 24.6 Å². The third kappa shape index (κ3) is 5.57. The number of carbonyl (C=O) groups excluding carboxylic acids is 1. The quantitative estimate of drug-likeness (QED) is 0.556. The monoisotopic (exact) mass is 495 g/mol. The molecule has 0 bridgehead atoms. The highest BCUT2D eigenvalue weighted by atomic mass is 32.2. The van der Waals surface area contributed by atoms with Crippen molar-refractivity contribution in [2.24, 2.45) is 0 Å². The first-order valence-electron chi connectivity index (χ1n) is 12.6. The van der Waals surface area contributed by atoms with Crippen molar-refractivity contribution in [1.82, 2.24) is 14.6 Å². The van der Waals surface area contributed by atoms with E-state index in [1.54, 1.807) is 0 Å². The topological polar surface area (TPSA) is 82.5 Å². The van der Waals surface area contributed by atoms with Gasteiger partial charge in [-0.2, -0.15) is 0 Å². The molecular weight excluding hydrogens is 458 g/mol. The molecule has 2 aromatic rings. The first kappa shape index (κ1) is 25.7. The van der Waals surface area contributed by atoms with Crippen molar-refractivity contribution < 1.29 is 14.1 Å². The fraction of sp³-hybridized carbons (Fsp3) is 0.500. The smallest absolute Gasteiger partial charge is 0.270 e. The van der Waals surface area contributed by atoms with Crippen LogP contribution in [0.15, 0.2) is 36.4 Å². The van der Waals surface area contributed by atoms with Crippen LogP contribution in [0.2, 0.25) is 0 Å². The van der Waals surface area contributed by atoms with E-state index in [0.717, 1.165) is 53.6 Å². The fourth-order valence-corrected chi connectivity index (χ4v) is 6.52. The number of aliphatic hydroxyl groups excluding tert-OH is 1. The molecule has 0 saturated heterocycles. The van der Waals surface area contributed by atoms with Gasteiger partial charge in [0, 0.05) is 30.3 Å². The molecule has 1 fully saturated rings. The van der Waals surface area contributed by atoms with Gasteiger partial charge in [0.25, 0.3) is 5.91 Å². The van der Waals surface area contributed by atoms with Gasteiger partial charge >= 0.3 is 0 Å². The minimum Gasteiger partial charge on any atom is -0.396 e. The van der Waals surface area contributed by atoms with Crippen LogP contribution in [0, 0.1) is 0 Å². The van der Waals surface area contributed by atoms with Crippen molar-refractivity contribution in [1.29, 1.82) is 0 Å². The van der Waals surface area contributed by atoms with Gasteiger partial charge in [0.05, 0.1) is 16.5 Å². The van der Waals surface area contributed by atoms with Crippen LogP contribution < -0.4 is 5.32 Å². The summed E-state index contributed by atoms with van der Waals surface area (Å²) in [6, 6.07) is 9.93. The van der Waals surface area contributed by atoms with Gasteiger partial charge in [-0.25, -0.2) is 13.5 Å². The first-order chi connectivity index (χ1) is 16.7. The summed E-state index contributed by atoms with van der Waals surface area (Å²) < 4.78 is 15.0. The van der Waals surface area contributed by atoms with E-state index in [1.807, 2.05) is 68.4 Å². The number of aliphatic hydroxyl groups is 1. The minimum absolute atomic E-state index is 0.0239. The van der Waals surface area contributed by atoms with Gasteiger partial charge in [-0.1, -0.05) is 43.2 Å². The zero-order chi connectivity index (χ0) is 25.2. The number of hydrogen-bond donors (Lipinski definition) is 2. The molecule has 0 spiro atoms. The minimum atomic E-state index is -1.28. The highest BCUT2D eigenvalue weighted by Crippen LogP contribution is 2.44. The molecule has 1 amide bonds. The molecule has 1 aromatic heterocycles. The lowest BCUT2D eigenvalue weighted by atomic mass is 9.95. The number of rotatable bonds is 7.